The number of halogens is 1. The van der Waals surface area contributed by atoms with E-state index in [0.717, 1.165) is 4.31 Å². The summed E-state index contributed by atoms with van der Waals surface area (Å²) >= 11 is 5.83. The third kappa shape index (κ3) is 4.59. The van der Waals surface area contributed by atoms with Crippen LogP contribution >= 0.6 is 11.6 Å². The Morgan fingerprint density at radius 3 is 2.19 bits per heavy atom. The molecule has 0 saturated heterocycles. The topological polar surface area (TPSA) is 80.5 Å². The van der Waals surface area contributed by atoms with Gasteiger partial charge >= 0.3 is 0 Å². The van der Waals surface area contributed by atoms with E-state index in [9.17, 15) is 13.2 Å². The molecular weight excluding hydrogens is 388 g/mol. The number of nitrogens with zero attached hydrogens (tertiary/aromatic N) is 2. The summed E-state index contributed by atoms with van der Waals surface area (Å²) in [6, 6.07) is 7.58. The van der Waals surface area contributed by atoms with Crippen molar-refractivity contribution >= 4 is 27.4 Å². The molecule has 0 fully saturated rings. The van der Waals surface area contributed by atoms with E-state index in [4.69, 9.17) is 16.1 Å². The zero-order valence-corrected chi connectivity index (χ0v) is 18.0. The number of sulfonamides is 1. The van der Waals surface area contributed by atoms with Crippen molar-refractivity contribution in [1.29, 1.82) is 0 Å². The Hall–Kier alpha value is -1.70. The molecule has 0 unspecified atom stereocenters. The van der Waals surface area contributed by atoms with Crippen LogP contribution in [0.2, 0.25) is 5.02 Å². The first-order chi connectivity index (χ1) is 12.3. The minimum Gasteiger partial charge on any atom is -0.361 e. The van der Waals surface area contributed by atoms with Gasteiger partial charge in [0.1, 0.15) is 5.76 Å². The molecule has 0 aliphatic heterocycles. The zero-order chi connectivity index (χ0) is 20.6. The van der Waals surface area contributed by atoms with E-state index in [1.807, 2.05) is 20.8 Å². The molecule has 0 aliphatic rings. The Kier molecular flexibility index (Phi) is 5.90. The lowest BCUT2D eigenvalue weighted by molar-refractivity contribution is -0.125. The van der Waals surface area contributed by atoms with Crippen molar-refractivity contribution in [3.8, 4) is 0 Å². The number of hydrogen-bond acceptors (Lipinski definition) is 5. The van der Waals surface area contributed by atoms with Crippen LogP contribution in [0.15, 0.2) is 39.8 Å². The Bertz CT molecular complexity index is 925. The summed E-state index contributed by atoms with van der Waals surface area (Å²) in [5.41, 5.74) is -1.01. The molecule has 0 spiro atoms. The van der Waals surface area contributed by atoms with E-state index in [1.165, 1.54) is 31.3 Å². The summed E-state index contributed by atoms with van der Waals surface area (Å²) in [5.74, 6) is 0.390. The lowest BCUT2D eigenvalue weighted by Crippen LogP contribution is -2.51. The number of carbonyl (C=O) groups is 1. The third-order valence-electron chi connectivity index (χ3n) is 4.58. The van der Waals surface area contributed by atoms with E-state index in [0.29, 0.717) is 16.5 Å². The maximum absolute atomic E-state index is 12.9. The Balaban J connectivity index is 2.24. The highest BCUT2D eigenvalue weighted by molar-refractivity contribution is 7.89. The molecule has 1 aromatic heterocycles. The standard InChI is InChI=1S/C19H25ClN2O4S/c1-18(2,3)17-12-14(21-26-17)11-16(23)19(4,5)22(6)27(24,25)15-9-7-13(20)8-10-15/h7-10,12H,11H2,1-6H3. The number of benzene rings is 1. The van der Waals surface area contributed by atoms with E-state index in [1.54, 1.807) is 19.9 Å². The van der Waals surface area contributed by atoms with Crippen LogP contribution in [0.3, 0.4) is 0 Å². The quantitative estimate of drug-likeness (QED) is 0.720. The van der Waals surface area contributed by atoms with Gasteiger partial charge in [-0.2, -0.15) is 4.31 Å². The molecule has 1 heterocycles. The molecule has 2 aromatic rings. The molecule has 8 heteroatoms. The minimum atomic E-state index is -3.86. The smallest absolute Gasteiger partial charge is 0.243 e. The second-order valence-corrected chi connectivity index (χ2v) is 10.4. The summed E-state index contributed by atoms with van der Waals surface area (Å²) < 4.78 is 32.1. The number of hydrogen-bond donors (Lipinski definition) is 0. The van der Waals surface area contributed by atoms with Gasteiger partial charge in [-0.25, -0.2) is 8.42 Å². The lowest BCUT2D eigenvalue weighted by Gasteiger charge is -2.33. The van der Waals surface area contributed by atoms with Crippen molar-refractivity contribution in [2.45, 2.75) is 56.9 Å². The van der Waals surface area contributed by atoms with Gasteiger partial charge in [0.15, 0.2) is 5.78 Å². The summed E-state index contributed by atoms with van der Waals surface area (Å²) in [6.45, 7) is 9.10. The fourth-order valence-corrected chi connectivity index (χ4v) is 4.00. The van der Waals surface area contributed by atoms with Crippen LogP contribution in [0.4, 0.5) is 0 Å². The summed E-state index contributed by atoms with van der Waals surface area (Å²) in [6.07, 6.45) is -0.0208. The van der Waals surface area contributed by atoms with Gasteiger partial charge in [0.25, 0.3) is 0 Å². The maximum Gasteiger partial charge on any atom is 0.243 e. The number of ketones is 1. The highest BCUT2D eigenvalue weighted by Crippen LogP contribution is 2.27. The number of rotatable bonds is 6. The second kappa shape index (κ2) is 7.37. The van der Waals surface area contributed by atoms with Crippen LogP contribution in [0.1, 0.15) is 46.1 Å². The summed E-state index contributed by atoms with van der Waals surface area (Å²) in [7, 11) is -2.46. The van der Waals surface area contributed by atoms with Crippen molar-refractivity contribution in [1.82, 2.24) is 9.46 Å². The predicted molar refractivity (Wildman–Crippen MR) is 104 cm³/mol. The fourth-order valence-electron chi connectivity index (χ4n) is 2.37. The molecule has 0 bridgehead atoms. The van der Waals surface area contributed by atoms with Crippen LogP contribution in [-0.2, 0) is 26.7 Å². The number of carbonyl (C=O) groups excluding carboxylic acids is 1. The molecule has 0 radical (unpaired) electrons. The molecule has 0 saturated carbocycles. The van der Waals surface area contributed by atoms with Gasteiger partial charge in [0.05, 0.1) is 22.5 Å². The lowest BCUT2D eigenvalue weighted by atomic mass is 9.92. The molecule has 0 N–H and O–H groups in total. The van der Waals surface area contributed by atoms with E-state index in [-0.39, 0.29) is 22.5 Å². The molecule has 27 heavy (non-hydrogen) atoms. The van der Waals surface area contributed by atoms with E-state index < -0.39 is 15.6 Å². The Morgan fingerprint density at radius 2 is 1.70 bits per heavy atom. The van der Waals surface area contributed by atoms with Crippen molar-refractivity contribution in [2.24, 2.45) is 0 Å². The maximum atomic E-state index is 12.9. The van der Waals surface area contributed by atoms with Gasteiger partial charge < -0.3 is 4.52 Å². The van der Waals surface area contributed by atoms with Crippen molar-refractivity contribution in [3.05, 3.63) is 46.8 Å². The average molecular weight is 413 g/mol. The Morgan fingerprint density at radius 1 is 1.15 bits per heavy atom. The first kappa shape index (κ1) is 21.6. The predicted octanol–water partition coefficient (Wildman–Crippen LogP) is 3.84. The van der Waals surface area contributed by atoms with Crippen molar-refractivity contribution < 1.29 is 17.7 Å². The summed E-state index contributed by atoms with van der Waals surface area (Å²) in [4.78, 5) is 12.9. The number of likely N-dealkylation sites (N-methyl/N-ethyl adjacent to an activating group) is 1. The van der Waals surface area contributed by atoms with Gasteiger partial charge in [-0.3, -0.25) is 4.79 Å². The largest absolute Gasteiger partial charge is 0.361 e. The van der Waals surface area contributed by atoms with Crippen LogP contribution in [-0.4, -0.2) is 36.2 Å². The van der Waals surface area contributed by atoms with E-state index in [2.05, 4.69) is 5.16 Å². The SMILES string of the molecule is CN(C(C)(C)C(=O)Cc1cc(C(C)(C)C)on1)S(=O)(=O)c1ccc(Cl)cc1. The van der Waals surface area contributed by atoms with Gasteiger partial charge in [0.2, 0.25) is 10.0 Å². The molecule has 148 valence electrons. The Labute approximate surface area is 165 Å². The van der Waals surface area contributed by atoms with Crippen molar-refractivity contribution in [2.75, 3.05) is 7.05 Å². The zero-order valence-electron chi connectivity index (χ0n) is 16.4. The average Bonchev–Trinajstić information content (AvgIpc) is 3.03. The monoisotopic (exact) mass is 412 g/mol. The van der Waals surface area contributed by atoms with E-state index >= 15 is 0 Å². The third-order valence-corrected chi connectivity index (χ3v) is 6.88. The van der Waals surface area contributed by atoms with Crippen LogP contribution in [0.5, 0.6) is 0 Å². The van der Waals surface area contributed by atoms with Gasteiger partial charge in [-0.1, -0.05) is 37.5 Å². The number of Topliss-reactive ketones (excluding diaryl/α,β-unsaturated/α-hetero) is 1. The minimum absolute atomic E-state index is 0.0208. The fraction of sp³-hybridized carbons (Fsp3) is 0.474. The normalized spacial score (nSPS) is 13.2. The molecule has 0 aliphatic carbocycles. The van der Waals surface area contributed by atoms with Gasteiger partial charge in [-0.05, 0) is 38.1 Å². The van der Waals surface area contributed by atoms with Gasteiger partial charge in [0, 0.05) is 23.6 Å². The van der Waals surface area contributed by atoms with Crippen LogP contribution in [0.25, 0.3) is 0 Å². The molecule has 2 rings (SSSR count). The summed E-state index contributed by atoms with van der Waals surface area (Å²) in [5, 5.41) is 4.38. The molecular formula is C19H25ClN2O4S. The molecule has 0 atom stereocenters. The van der Waals surface area contributed by atoms with Crippen LogP contribution in [0, 0.1) is 0 Å². The number of aromatic nitrogens is 1. The molecule has 1 aromatic carbocycles. The highest BCUT2D eigenvalue weighted by Gasteiger charge is 2.40. The molecule has 0 amide bonds. The van der Waals surface area contributed by atoms with Crippen molar-refractivity contribution in [3.63, 3.8) is 0 Å². The van der Waals surface area contributed by atoms with Gasteiger partial charge in [-0.15, -0.1) is 0 Å². The second-order valence-electron chi connectivity index (χ2n) is 8.02. The van der Waals surface area contributed by atoms with Crippen LogP contribution < -0.4 is 0 Å². The first-order valence-electron chi connectivity index (χ1n) is 8.50. The highest BCUT2D eigenvalue weighted by atomic mass is 35.5. The first-order valence-corrected chi connectivity index (χ1v) is 10.3. The molecule has 6 nitrogen and oxygen atoms in total.